The normalized spacial score (nSPS) is 16.5. The minimum absolute atomic E-state index is 0.152. The van der Waals surface area contributed by atoms with Gasteiger partial charge in [-0.25, -0.2) is 0 Å². The van der Waals surface area contributed by atoms with E-state index in [9.17, 15) is 9.59 Å². The predicted octanol–water partition coefficient (Wildman–Crippen LogP) is 4.77. The zero-order valence-electron chi connectivity index (χ0n) is 16.4. The van der Waals surface area contributed by atoms with Crippen LogP contribution < -0.4 is 4.74 Å². The van der Waals surface area contributed by atoms with Gasteiger partial charge in [-0.3, -0.25) is 9.59 Å². The van der Waals surface area contributed by atoms with Crippen molar-refractivity contribution in [1.29, 1.82) is 0 Å². The topological polar surface area (TPSA) is 52.6 Å². The number of aryl methyl sites for hydroxylation is 3. The van der Waals surface area contributed by atoms with E-state index in [1.54, 1.807) is 0 Å². The smallest absolute Gasteiger partial charge is 0.305 e. The highest BCUT2D eigenvalue weighted by Gasteiger charge is 2.25. The molecule has 1 aliphatic rings. The Morgan fingerprint density at radius 2 is 1.73 bits per heavy atom. The molecule has 0 amide bonds. The summed E-state index contributed by atoms with van der Waals surface area (Å²) in [6, 6.07) is 4.22. The van der Waals surface area contributed by atoms with E-state index in [2.05, 4.69) is 23.8 Å². The van der Waals surface area contributed by atoms with Crippen LogP contribution in [0.3, 0.4) is 0 Å². The molecule has 0 aliphatic heterocycles. The van der Waals surface area contributed by atoms with E-state index in [1.807, 2.05) is 19.9 Å². The molecule has 1 atom stereocenters. The summed E-state index contributed by atoms with van der Waals surface area (Å²) in [5, 5.41) is 0. The average Bonchev–Trinajstić information content (AvgIpc) is 2.93. The van der Waals surface area contributed by atoms with Crippen molar-refractivity contribution < 1.29 is 19.1 Å². The Labute approximate surface area is 156 Å². The van der Waals surface area contributed by atoms with E-state index in [4.69, 9.17) is 4.74 Å². The average molecular weight is 358 g/mol. The Hall–Kier alpha value is -2.10. The maximum Gasteiger partial charge on any atom is 0.305 e. The number of hydrogen-bond donors (Lipinski definition) is 0. The third-order valence-corrected chi connectivity index (χ3v) is 4.81. The number of esters is 1. The summed E-state index contributed by atoms with van der Waals surface area (Å²) in [6.45, 7) is 6.17. The lowest BCUT2D eigenvalue weighted by Gasteiger charge is -2.16. The van der Waals surface area contributed by atoms with Crippen LogP contribution in [0.1, 0.15) is 61.6 Å². The van der Waals surface area contributed by atoms with Crippen LogP contribution in [0.5, 0.6) is 5.75 Å². The first-order valence-electron chi connectivity index (χ1n) is 9.46. The molecule has 0 heterocycles. The summed E-state index contributed by atoms with van der Waals surface area (Å²) in [5.41, 5.74) is 4.34. The molecular formula is C22H30O4. The van der Waals surface area contributed by atoms with Crippen molar-refractivity contribution in [3.8, 4) is 5.75 Å². The molecule has 0 fully saturated rings. The minimum atomic E-state index is -0.156. The van der Waals surface area contributed by atoms with Crippen LogP contribution in [-0.2, 0) is 14.3 Å². The maximum atomic E-state index is 12.2. The number of unbranched alkanes of at least 4 members (excludes halogenated alkanes) is 3. The van der Waals surface area contributed by atoms with E-state index in [0.717, 1.165) is 54.6 Å². The molecule has 0 bridgehead atoms. The van der Waals surface area contributed by atoms with Gasteiger partial charge in [-0.15, -0.1) is 0 Å². The predicted molar refractivity (Wildman–Crippen MR) is 102 cm³/mol. The van der Waals surface area contributed by atoms with Crippen LogP contribution in [0.25, 0.3) is 0 Å². The molecule has 142 valence electrons. The molecule has 2 rings (SSSR count). The zero-order chi connectivity index (χ0) is 19.1. The highest BCUT2D eigenvalue weighted by molar-refractivity contribution is 5.98. The lowest BCUT2D eigenvalue weighted by molar-refractivity contribution is -0.140. The number of Topliss-reactive ketones (excluding diaryl/α,β-unsaturated/α-hetero) is 1. The van der Waals surface area contributed by atoms with E-state index >= 15 is 0 Å². The summed E-state index contributed by atoms with van der Waals surface area (Å²) in [7, 11) is 1.42. The van der Waals surface area contributed by atoms with Crippen molar-refractivity contribution in [2.75, 3.05) is 7.11 Å². The van der Waals surface area contributed by atoms with Crippen molar-refractivity contribution in [2.45, 2.75) is 71.8 Å². The first-order chi connectivity index (χ1) is 12.4. The molecule has 1 aromatic rings. The van der Waals surface area contributed by atoms with Gasteiger partial charge in [0.05, 0.1) is 13.5 Å². The Bertz CT molecular complexity index is 664. The van der Waals surface area contributed by atoms with Crippen LogP contribution >= 0.6 is 0 Å². The maximum absolute atomic E-state index is 12.2. The van der Waals surface area contributed by atoms with Crippen molar-refractivity contribution in [2.24, 2.45) is 0 Å². The van der Waals surface area contributed by atoms with Gasteiger partial charge in [0.15, 0.2) is 5.78 Å². The lowest BCUT2D eigenvalue weighted by atomic mass is 10.0. The van der Waals surface area contributed by atoms with E-state index in [0.29, 0.717) is 12.8 Å². The highest BCUT2D eigenvalue weighted by atomic mass is 16.5. The fourth-order valence-electron chi connectivity index (χ4n) is 3.53. The molecule has 1 aromatic carbocycles. The monoisotopic (exact) mass is 358 g/mol. The third kappa shape index (κ3) is 5.72. The quantitative estimate of drug-likeness (QED) is 0.471. The molecule has 26 heavy (non-hydrogen) atoms. The van der Waals surface area contributed by atoms with Gasteiger partial charge in [-0.05, 0) is 62.8 Å². The second-order valence-electron chi connectivity index (χ2n) is 7.19. The molecule has 1 aliphatic carbocycles. The fraction of sp³-hybridized carbons (Fsp3) is 0.545. The number of benzene rings is 1. The standard InChI is InChI=1S/C22H30O4/c1-15-11-16(2)22(17(3)12-15)26-19-13-18(20(23)14-19)9-7-5-6-8-10-21(24)25-4/h11-13,19H,5-10,14H2,1-4H3/t19-/m1/s1. The van der Waals surface area contributed by atoms with Crippen LogP contribution in [-0.4, -0.2) is 25.0 Å². The summed E-state index contributed by atoms with van der Waals surface area (Å²) in [5.74, 6) is 0.945. The number of methoxy groups -OCH3 is 1. The molecule has 4 heteroatoms. The number of hydrogen-bond acceptors (Lipinski definition) is 4. The first-order valence-corrected chi connectivity index (χ1v) is 9.46. The van der Waals surface area contributed by atoms with E-state index in [1.165, 1.54) is 12.7 Å². The van der Waals surface area contributed by atoms with Gasteiger partial charge in [0, 0.05) is 6.42 Å². The molecular weight excluding hydrogens is 328 g/mol. The number of carbonyl (C=O) groups is 2. The number of ether oxygens (including phenoxy) is 2. The lowest BCUT2D eigenvalue weighted by Crippen LogP contribution is -2.13. The van der Waals surface area contributed by atoms with Crippen LogP contribution in [0.15, 0.2) is 23.8 Å². The van der Waals surface area contributed by atoms with Gasteiger partial charge in [0.1, 0.15) is 11.9 Å². The SMILES string of the molecule is COC(=O)CCCCCCC1=C[C@@H](Oc2c(C)cc(C)cc2C)CC1=O. The molecule has 0 radical (unpaired) electrons. The number of allylic oxidation sites excluding steroid dienone is 1. The Morgan fingerprint density at radius 1 is 1.08 bits per heavy atom. The molecule has 0 N–H and O–H groups in total. The Kier molecular flexibility index (Phi) is 7.43. The molecule has 0 saturated heterocycles. The number of carbonyl (C=O) groups excluding carboxylic acids is 2. The van der Waals surface area contributed by atoms with Crippen LogP contribution in [0, 0.1) is 20.8 Å². The van der Waals surface area contributed by atoms with Gasteiger partial charge in [0.25, 0.3) is 0 Å². The largest absolute Gasteiger partial charge is 0.485 e. The summed E-state index contributed by atoms with van der Waals surface area (Å²) >= 11 is 0. The first kappa shape index (κ1) is 20.2. The second-order valence-corrected chi connectivity index (χ2v) is 7.19. The third-order valence-electron chi connectivity index (χ3n) is 4.81. The van der Waals surface area contributed by atoms with Gasteiger partial charge >= 0.3 is 5.97 Å². The molecule has 0 unspecified atom stereocenters. The molecule has 4 nitrogen and oxygen atoms in total. The number of rotatable bonds is 9. The Balaban J connectivity index is 1.81. The highest BCUT2D eigenvalue weighted by Crippen LogP contribution is 2.29. The van der Waals surface area contributed by atoms with Gasteiger partial charge in [0.2, 0.25) is 0 Å². The summed E-state index contributed by atoms with van der Waals surface area (Å²) in [6.07, 6.45) is 7.36. The molecule has 0 aromatic heterocycles. The summed E-state index contributed by atoms with van der Waals surface area (Å²) < 4.78 is 10.8. The van der Waals surface area contributed by atoms with E-state index < -0.39 is 0 Å². The summed E-state index contributed by atoms with van der Waals surface area (Å²) in [4.78, 5) is 23.3. The van der Waals surface area contributed by atoms with Crippen molar-refractivity contribution in [3.05, 3.63) is 40.5 Å². The van der Waals surface area contributed by atoms with Crippen molar-refractivity contribution in [3.63, 3.8) is 0 Å². The number of ketones is 1. The molecule has 0 spiro atoms. The Morgan fingerprint density at radius 3 is 2.38 bits per heavy atom. The second kappa shape index (κ2) is 9.56. The minimum Gasteiger partial charge on any atom is -0.485 e. The van der Waals surface area contributed by atoms with E-state index in [-0.39, 0.29) is 17.9 Å². The van der Waals surface area contributed by atoms with Crippen molar-refractivity contribution >= 4 is 11.8 Å². The van der Waals surface area contributed by atoms with Gasteiger partial charge < -0.3 is 9.47 Å². The van der Waals surface area contributed by atoms with Gasteiger partial charge in [-0.2, -0.15) is 0 Å². The van der Waals surface area contributed by atoms with Crippen LogP contribution in [0.4, 0.5) is 0 Å². The van der Waals surface area contributed by atoms with Gasteiger partial charge in [-0.1, -0.05) is 30.5 Å². The van der Waals surface area contributed by atoms with Crippen molar-refractivity contribution in [1.82, 2.24) is 0 Å². The molecule has 0 saturated carbocycles. The fourth-order valence-corrected chi connectivity index (χ4v) is 3.53. The van der Waals surface area contributed by atoms with Crippen LogP contribution in [0.2, 0.25) is 0 Å². The zero-order valence-corrected chi connectivity index (χ0v) is 16.4.